The van der Waals surface area contributed by atoms with Gasteiger partial charge in [0.05, 0.1) is 6.07 Å². The summed E-state index contributed by atoms with van der Waals surface area (Å²) in [6, 6.07) is 1.67. The molecule has 1 N–H and O–H groups in total. The highest BCUT2D eigenvalue weighted by atomic mass is 19.3. The molecule has 1 rings (SSSR count). The molecule has 1 amide bonds. The second-order valence-electron chi connectivity index (χ2n) is 3.08. The summed E-state index contributed by atoms with van der Waals surface area (Å²) < 4.78 is 25.9. The maximum atomic E-state index is 12.9. The summed E-state index contributed by atoms with van der Waals surface area (Å²) in [5, 5.41) is 10.3. The van der Waals surface area contributed by atoms with Crippen molar-refractivity contribution in [3.63, 3.8) is 0 Å². The summed E-state index contributed by atoms with van der Waals surface area (Å²) in [6.07, 6.45) is 0.361. The van der Waals surface area contributed by atoms with Crippen LogP contribution in [0.2, 0.25) is 0 Å². The molecular weight excluding hydrogens is 178 g/mol. The Morgan fingerprint density at radius 3 is 2.85 bits per heavy atom. The molecule has 13 heavy (non-hydrogen) atoms. The normalized spacial score (nSPS) is 25.2. The van der Waals surface area contributed by atoms with Gasteiger partial charge >= 0.3 is 0 Å². The Bertz CT molecular complexity index is 247. The molecule has 1 unspecified atom stereocenters. The van der Waals surface area contributed by atoms with Gasteiger partial charge in [0, 0.05) is 6.42 Å². The van der Waals surface area contributed by atoms with Gasteiger partial charge in [-0.05, 0) is 12.8 Å². The van der Waals surface area contributed by atoms with Crippen LogP contribution in [0.1, 0.15) is 19.3 Å². The Balaban J connectivity index is 2.52. The van der Waals surface area contributed by atoms with Crippen LogP contribution in [0, 0.1) is 17.2 Å². The van der Waals surface area contributed by atoms with E-state index in [1.54, 1.807) is 6.07 Å². The zero-order valence-electron chi connectivity index (χ0n) is 7.02. The molecule has 1 saturated carbocycles. The Labute approximate surface area is 74.7 Å². The van der Waals surface area contributed by atoms with Crippen molar-refractivity contribution in [3.05, 3.63) is 0 Å². The van der Waals surface area contributed by atoms with Crippen molar-refractivity contribution in [2.45, 2.75) is 25.2 Å². The third-order valence-electron chi connectivity index (χ3n) is 2.17. The van der Waals surface area contributed by atoms with Crippen molar-refractivity contribution in [2.24, 2.45) is 5.92 Å². The Hall–Kier alpha value is -1.18. The van der Waals surface area contributed by atoms with Crippen molar-refractivity contribution >= 4 is 5.91 Å². The van der Waals surface area contributed by atoms with Crippen molar-refractivity contribution in [1.29, 1.82) is 5.26 Å². The monoisotopic (exact) mass is 188 g/mol. The van der Waals surface area contributed by atoms with E-state index in [1.165, 1.54) is 0 Å². The second-order valence-corrected chi connectivity index (χ2v) is 3.08. The van der Waals surface area contributed by atoms with Gasteiger partial charge in [-0.1, -0.05) is 0 Å². The lowest BCUT2D eigenvalue weighted by Gasteiger charge is -2.17. The molecule has 72 valence electrons. The molecule has 0 spiro atoms. The molecule has 1 aliphatic carbocycles. The number of nitriles is 1. The van der Waals surface area contributed by atoms with Crippen LogP contribution < -0.4 is 5.32 Å². The SMILES string of the molecule is N#CCNC(=O)C1CCCC1(F)F. The molecule has 0 radical (unpaired) electrons. The molecule has 3 nitrogen and oxygen atoms in total. The van der Waals surface area contributed by atoms with Crippen molar-refractivity contribution in [3.8, 4) is 6.07 Å². The van der Waals surface area contributed by atoms with E-state index in [9.17, 15) is 13.6 Å². The standard InChI is InChI=1S/C8H10F2N2O/c9-8(10)3-1-2-6(8)7(13)12-5-4-11/h6H,1-3,5H2,(H,12,13). The van der Waals surface area contributed by atoms with Crippen LogP contribution in [0.15, 0.2) is 0 Å². The first-order valence-corrected chi connectivity index (χ1v) is 4.10. The molecule has 0 aromatic carbocycles. The van der Waals surface area contributed by atoms with Crippen molar-refractivity contribution in [2.75, 3.05) is 6.54 Å². The van der Waals surface area contributed by atoms with Gasteiger partial charge in [-0.25, -0.2) is 8.78 Å². The summed E-state index contributed by atoms with van der Waals surface area (Å²) in [4.78, 5) is 11.1. The van der Waals surface area contributed by atoms with E-state index in [0.717, 1.165) is 0 Å². The molecule has 0 aliphatic heterocycles. The van der Waals surface area contributed by atoms with Crippen LogP contribution in [0.5, 0.6) is 0 Å². The van der Waals surface area contributed by atoms with Gasteiger partial charge in [0.1, 0.15) is 12.5 Å². The van der Waals surface area contributed by atoms with Crippen LogP contribution in [-0.4, -0.2) is 18.4 Å². The first-order chi connectivity index (χ1) is 6.08. The number of alkyl halides is 2. The minimum absolute atomic E-state index is 0.203. The summed E-state index contributed by atoms with van der Waals surface area (Å²) in [5.41, 5.74) is 0. The van der Waals surface area contributed by atoms with E-state index in [-0.39, 0.29) is 19.4 Å². The maximum absolute atomic E-state index is 12.9. The van der Waals surface area contributed by atoms with Crippen molar-refractivity contribution in [1.82, 2.24) is 5.32 Å². The number of carbonyl (C=O) groups is 1. The topological polar surface area (TPSA) is 52.9 Å². The van der Waals surface area contributed by atoms with E-state index < -0.39 is 17.7 Å². The second kappa shape index (κ2) is 3.69. The van der Waals surface area contributed by atoms with Crippen LogP contribution in [0.3, 0.4) is 0 Å². The molecule has 1 aliphatic rings. The average molecular weight is 188 g/mol. The summed E-state index contributed by atoms with van der Waals surface area (Å²) in [7, 11) is 0. The zero-order chi connectivity index (χ0) is 9.90. The highest BCUT2D eigenvalue weighted by Gasteiger charge is 2.47. The number of halogens is 2. The maximum Gasteiger partial charge on any atom is 0.259 e. The first kappa shape index (κ1) is 9.90. The fourth-order valence-electron chi connectivity index (χ4n) is 1.50. The number of hydrogen-bond acceptors (Lipinski definition) is 2. The molecule has 0 aromatic rings. The van der Waals surface area contributed by atoms with E-state index in [2.05, 4.69) is 5.32 Å². The smallest absolute Gasteiger partial charge is 0.259 e. The van der Waals surface area contributed by atoms with Crippen LogP contribution in [0.4, 0.5) is 8.78 Å². The number of nitrogens with one attached hydrogen (secondary N) is 1. The van der Waals surface area contributed by atoms with E-state index in [4.69, 9.17) is 5.26 Å². The summed E-state index contributed by atoms with van der Waals surface area (Å²) in [6.45, 7) is -0.203. The Morgan fingerprint density at radius 2 is 2.38 bits per heavy atom. The molecule has 0 bridgehead atoms. The highest BCUT2D eigenvalue weighted by Crippen LogP contribution is 2.40. The molecule has 1 fully saturated rings. The van der Waals surface area contributed by atoms with Gasteiger partial charge in [0.25, 0.3) is 5.92 Å². The average Bonchev–Trinajstić information content (AvgIpc) is 2.41. The van der Waals surface area contributed by atoms with Gasteiger partial charge in [-0.15, -0.1) is 0 Å². The number of amides is 1. The predicted octanol–water partition coefficient (Wildman–Crippen LogP) is 1.06. The lowest BCUT2D eigenvalue weighted by Crippen LogP contribution is -2.38. The minimum atomic E-state index is -2.89. The minimum Gasteiger partial charge on any atom is -0.343 e. The van der Waals surface area contributed by atoms with E-state index >= 15 is 0 Å². The van der Waals surface area contributed by atoms with E-state index in [1.807, 2.05) is 0 Å². The number of carbonyl (C=O) groups excluding carboxylic acids is 1. The first-order valence-electron chi connectivity index (χ1n) is 4.10. The predicted molar refractivity (Wildman–Crippen MR) is 40.9 cm³/mol. The molecule has 5 heteroatoms. The third-order valence-corrected chi connectivity index (χ3v) is 2.17. The fraction of sp³-hybridized carbons (Fsp3) is 0.750. The number of nitrogens with zero attached hydrogens (tertiary/aromatic N) is 1. The lowest BCUT2D eigenvalue weighted by molar-refractivity contribution is -0.135. The number of rotatable bonds is 2. The largest absolute Gasteiger partial charge is 0.343 e. The van der Waals surface area contributed by atoms with Gasteiger partial charge in [-0.2, -0.15) is 5.26 Å². The molecular formula is C8H10F2N2O. The Kier molecular flexibility index (Phi) is 2.81. The van der Waals surface area contributed by atoms with Gasteiger partial charge in [0.2, 0.25) is 5.91 Å². The van der Waals surface area contributed by atoms with Gasteiger partial charge < -0.3 is 5.32 Å². The van der Waals surface area contributed by atoms with Gasteiger partial charge in [-0.3, -0.25) is 4.79 Å². The molecule has 0 saturated heterocycles. The molecule has 1 atom stereocenters. The van der Waals surface area contributed by atoms with E-state index in [0.29, 0.717) is 6.42 Å². The van der Waals surface area contributed by atoms with Gasteiger partial charge in [0.15, 0.2) is 0 Å². The van der Waals surface area contributed by atoms with Crippen molar-refractivity contribution < 1.29 is 13.6 Å². The summed E-state index contributed by atoms with van der Waals surface area (Å²) in [5.74, 6) is -4.83. The quantitative estimate of drug-likeness (QED) is 0.659. The Morgan fingerprint density at radius 1 is 1.69 bits per heavy atom. The summed E-state index contributed by atoms with van der Waals surface area (Å²) >= 11 is 0. The fourth-order valence-corrected chi connectivity index (χ4v) is 1.50. The lowest BCUT2D eigenvalue weighted by atomic mass is 10.0. The molecule has 0 aromatic heterocycles. The molecule has 0 heterocycles. The van der Waals surface area contributed by atoms with Crippen LogP contribution in [-0.2, 0) is 4.79 Å². The zero-order valence-corrected chi connectivity index (χ0v) is 7.02. The third kappa shape index (κ3) is 2.14. The van der Waals surface area contributed by atoms with Crippen LogP contribution in [0.25, 0.3) is 0 Å². The highest BCUT2D eigenvalue weighted by molar-refractivity contribution is 5.80. The van der Waals surface area contributed by atoms with Crippen LogP contribution >= 0.6 is 0 Å². The number of hydrogen-bond donors (Lipinski definition) is 1.